The smallest absolute Gasteiger partial charge is 0.0995 e. The summed E-state index contributed by atoms with van der Waals surface area (Å²) < 4.78 is 0. The zero-order valence-electron chi connectivity index (χ0n) is 32.7. The number of benzene rings is 3. The maximum atomic E-state index is 10.1. The molecule has 4 aromatic rings. The van der Waals surface area contributed by atoms with E-state index < -0.39 is 0 Å². The van der Waals surface area contributed by atoms with Gasteiger partial charge in [0.15, 0.2) is 0 Å². The summed E-state index contributed by atoms with van der Waals surface area (Å²) in [6, 6.07) is 22.2. The van der Waals surface area contributed by atoms with Gasteiger partial charge in [0.1, 0.15) is 0 Å². The Morgan fingerprint density at radius 1 is 1.02 bits per heavy atom. The lowest BCUT2D eigenvalue weighted by atomic mass is 9.90. The molecule has 1 atom stereocenters. The van der Waals surface area contributed by atoms with E-state index in [0.29, 0.717) is 11.6 Å². The number of aliphatic imine (C=N–C) groups is 1. The summed E-state index contributed by atoms with van der Waals surface area (Å²) in [5, 5.41) is 17.3. The Morgan fingerprint density at radius 3 is 2.40 bits per heavy atom. The Balaban J connectivity index is 0.00000152. The molecule has 2 N–H and O–H groups in total. The van der Waals surface area contributed by atoms with Gasteiger partial charge in [-0.25, -0.2) is 0 Å². The van der Waals surface area contributed by atoms with Crippen molar-refractivity contribution in [2.24, 2.45) is 4.99 Å². The van der Waals surface area contributed by atoms with E-state index in [0.717, 1.165) is 90.5 Å². The maximum Gasteiger partial charge on any atom is 0.0995 e. The zero-order valence-corrected chi connectivity index (χ0v) is 32.7. The molecule has 2 aliphatic rings. The number of aromatic nitrogens is 1. The van der Waals surface area contributed by atoms with Crippen LogP contribution in [0.4, 0.5) is 11.4 Å². The van der Waals surface area contributed by atoms with Gasteiger partial charge in [0.25, 0.3) is 0 Å². The largest absolute Gasteiger partial charge is 0.354 e. The van der Waals surface area contributed by atoms with Crippen LogP contribution < -0.4 is 10.6 Å². The molecule has 2 fully saturated rings. The molecule has 6 nitrogen and oxygen atoms in total. The van der Waals surface area contributed by atoms with Gasteiger partial charge >= 0.3 is 0 Å². The minimum Gasteiger partial charge on any atom is -0.354 e. The van der Waals surface area contributed by atoms with Gasteiger partial charge in [-0.15, -0.1) is 13.2 Å². The average molecular weight is 707 g/mol. The van der Waals surface area contributed by atoms with Gasteiger partial charge in [-0.05, 0) is 154 Å². The molecule has 0 radical (unpaired) electrons. The van der Waals surface area contributed by atoms with Crippen LogP contribution in [0.5, 0.6) is 0 Å². The molecule has 0 amide bonds. The topological polar surface area (TPSA) is 76.3 Å². The van der Waals surface area contributed by atoms with Gasteiger partial charge in [-0.3, -0.25) is 14.9 Å². The summed E-state index contributed by atoms with van der Waals surface area (Å²) in [6.07, 6.45) is 12.5. The third-order valence-corrected chi connectivity index (χ3v) is 10.2. The molecule has 6 rings (SSSR count). The molecule has 1 aromatic heterocycles. The molecule has 0 spiro atoms. The van der Waals surface area contributed by atoms with Crippen molar-refractivity contribution in [3.05, 3.63) is 137 Å². The molecule has 2 aliphatic heterocycles. The number of allylic oxidation sites excluding steroid dienone is 1. The van der Waals surface area contributed by atoms with E-state index in [-0.39, 0.29) is 0 Å². The Hall–Kier alpha value is -5.09. The Morgan fingerprint density at radius 2 is 1.74 bits per heavy atom. The summed E-state index contributed by atoms with van der Waals surface area (Å²) >= 11 is 0. The number of hydrogen-bond donors (Lipinski definition) is 2. The number of nitrogens with zero attached hydrogens (tertiary/aromatic N) is 4. The van der Waals surface area contributed by atoms with Crippen LogP contribution in [0.25, 0.3) is 22.9 Å². The summed E-state index contributed by atoms with van der Waals surface area (Å²) in [5.41, 5.74) is 14.6. The second-order valence-corrected chi connectivity index (χ2v) is 13.4. The van der Waals surface area contributed by atoms with Gasteiger partial charge in [-0.1, -0.05) is 62.9 Å². The second kappa shape index (κ2) is 20.2. The maximum absolute atomic E-state index is 10.1. The fraction of sp³-hybridized carbons (Fsp3) is 0.340. The first kappa shape index (κ1) is 40.7. The standard InChI is InChI=1S/C43H48N6.C2H6.C2H4/c1-6-12-34-25-36(41-17-11-20-46-41)27-47-43(34)31(4)48-40-16-10-15-38(30(40)3)37-14-9-13-33(29(37)2)18-19-39-35(26-44)23-32(24-42(39)45-5)28-49-21-7-8-22-49;2*1-2/h6,9-10,12-16,23-25,27,41,46,48H,4-5,7-8,11,17-22,28H2,1-3H3;1-2H3;1-2H2/b12-6-;;. The number of anilines is 1. The first-order valence-electron chi connectivity index (χ1n) is 19.2. The molecule has 3 heterocycles. The van der Waals surface area contributed by atoms with Crippen LogP contribution in [0.15, 0.2) is 91.6 Å². The molecule has 0 bridgehead atoms. The number of aryl methyl sites for hydroxylation is 1. The summed E-state index contributed by atoms with van der Waals surface area (Å²) in [7, 11) is 0. The highest BCUT2D eigenvalue weighted by Gasteiger charge is 2.20. The molecular weight excluding hydrogens is 649 g/mol. The van der Waals surface area contributed by atoms with Crippen molar-refractivity contribution < 1.29 is 0 Å². The lowest BCUT2D eigenvalue weighted by molar-refractivity contribution is 0.331. The number of rotatable bonds is 12. The lowest BCUT2D eigenvalue weighted by Crippen LogP contribution is -2.18. The highest BCUT2D eigenvalue weighted by molar-refractivity contribution is 5.83. The summed E-state index contributed by atoms with van der Waals surface area (Å²) in [4.78, 5) is 11.7. The van der Waals surface area contributed by atoms with Crippen molar-refractivity contribution in [3.63, 3.8) is 0 Å². The van der Waals surface area contributed by atoms with Crippen LogP contribution in [-0.2, 0) is 19.4 Å². The molecule has 6 heteroatoms. The molecule has 1 unspecified atom stereocenters. The molecular formula is C47H58N6. The predicted octanol–water partition coefficient (Wildman–Crippen LogP) is 11.3. The van der Waals surface area contributed by atoms with E-state index in [9.17, 15) is 5.26 Å². The molecule has 0 saturated carbocycles. The van der Waals surface area contributed by atoms with Crippen molar-refractivity contribution in [1.29, 1.82) is 5.26 Å². The highest BCUT2D eigenvalue weighted by atomic mass is 15.1. The molecule has 0 aliphatic carbocycles. The van der Waals surface area contributed by atoms with Gasteiger partial charge in [-0.2, -0.15) is 5.26 Å². The number of pyridine rings is 1. The Bertz CT molecular complexity index is 1940. The summed E-state index contributed by atoms with van der Waals surface area (Å²) in [5.74, 6) is 0. The molecule has 53 heavy (non-hydrogen) atoms. The molecule has 276 valence electrons. The van der Waals surface area contributed by atoms with Crippen LogP contribution in [-0.4, -0.2) is 36.2 Å². The average Bonchev–Trinajstić information content (AvgIpc) is 3.93. The SMILES string of the molecule is C=C.C=Nc1cc(CN2CCCC2)cc(C#N)c1CCc1cccc(-c2cccc(NC(=C)c3ncc(C4CCCN4)cc3/C=C\C)c2C)c1C.CC. The second-order valence-electron chi connectivity index (χ2n) is 13.4. The van der Waals surface area contributed by atoms with Gasteiger partial charge < -0.3 is 10.6 Å². The van der Waals surface area contributed by atoms with Crippen molar-refractivity contribution in [1.82, 2.24) is 15.2 Å². The van der Waals surface area contributed by atoms with Crippen LogP contribution >= 0.6 is 0 Å². The first-order valence-corrected chi connectivity index (χ1v) is 19.2. The fourth-order valence-corrected chi connectivity index (χ4v) is 7.52. The van der Waals surface area contributed by atoms with Gasteiger partial charge in [0.2, 0.25) is 0 Å². The van der Waals surface area contributed by atoms with Gasteiger partial charge in [0, 0.05) is 30.0 Å². The minimum absolute atomic E-state index is 0.365. The van der Waals surface area contributed by atoms with E-state index in [1.54, 1.807) is 0 Å². The molecule has 3 aromatic carbocycles. The van der Waals surface area contributed by atoms with Crippen molar-refractivity contribution in [2.75, 3.05) is 25.0 Å². The zero-order chi connectivity index (χ0) is 38.3. The highest BCUT2D eigenvalue weighted by Crippen LogP contribution is 2.35. The van der Waals surface area contributed by atoms with E-state index >= 15 is 0 Å². The van der Waals surface area contributed by atoms with Crippen LogP contribution in [0.1, 0.15) is 103 Å². The van der Waals surface area contributed by atoms with Crippen LogP contribution in [0.2, 0.25) is 0 Å². The monoisotopic (exact) mass is 706 g/mol. The number of nitriles is 1. The van der Waals surface area contributed by atoms with Crippen molar-refractivity contribution in [2.45, 2.75) is 85.7 Å². The third-order valence-electron chi connectivity index (χ3n) is 10.2. The van der Waals surface area contributed by atoms with E-state index in [1.165, 1.54) is 47.1 Å². The lowest BCUT2D eigenvalue weighted by Gasteiger charge is -2.19. The quantitative estimate of drug-likeness (QED) is 0.113. The Labute approximate surface area is 319 Å². The first-order chi connectivity index (χ1) is 25.9. The van der Waals surface area contributed by atoms with Crippen molar-refractivity contribution in [3.8, 4) is 17.2 Å². The number of nitrogens with one attached hydrogen (secondary N) is 2. The summed E-state index contributed by atoms with van der Waals surface area (Å²) in [6.45, 7) is 28.8. The normalized spacial score (nSPS) is 15.2. The van der Waals surface area contributed by atoms with Crippen LogP contribution in [0, 0.1) is 25.2 Å². The van der Waals surface area contributed by atoms with Crippen LogP contribution in [0.3, 0.4) is 0 Å². The van der Waals surface area contributed by atoms with E-state index in [4.69, 9.17) is 4.98 Å². The number of likely N-dealkylation sites (tertiary alicyclic amines) is 1. The minimum atomic E-state index is 0.365. The van der Waals surface area contributed by atoms with E-state index in [1.807, 2.05) is 27.0 Å². The van der Waals surface area contributed by atoms with E-state index in [2.05, 4.69) is 134 Å². The third kappa shape index (κ3) is 9.87. The number of hydrogen-bond acceptors (Lipinski definition) is 6. The fourth-order valence-electron chi connectivity index (χ4n) is 7.52. The van der Waals surface area contributed by atoms with Crippen molar-refractivity contribution >= 4 is 29.9 Å². The van der Waals surface area contributed by atoms with Gasteiger partial charge in [0.05, 0.1) is 28.7 Å². The Kier molecular flexibility index (Phi) is 15.5. The molecule has 2 saturated heterocycles. The predicted molar refractivity (Wildman–Crippen MR) is 228 cm³/mol.